The molecule has 17 heavy (non-hydrogen) atoms. The van der Waals surface area contributed by atoms with E-state index in [1.54, 1.807) is 6.92 Å². The fourth-order valence-corrected chi connectivity index (χ4v) is 1.43. The quantitative estimate of drug-likeness (QED) is 0.790. The first-order valence-corrected chi connectivity index (χ1v) is 5.70. The molecule has 1 atom stereocenters. The Morgan fingerprint density at radius 3 is 2.47 bits per heavy atom. The Balaban J connectivity index is 2.79. The number of primary amides is 1. The molecule has 0 saturated carbocycles. The van der Waals surface area contributed by atoms with Gasteiger partial charge in [0.1, 0.15) is 5.54 Å². The number of aryl methyl sites for hydroxylation is 1. The van der Waals surface area contributed by atoms with Gasteiger partial charge in [-0.25, -0.2) is 0 Å². The zero-order valence-electron chi connectivity index (χ0n) is 10.6. The zero-order chi connectivity index (χ0) is 12.9. The average Bonchev–Trinajstić information content (AvgIpc) is 2.29. The van der Waals surface area contributed by atoms with Crippen LogP contribution in [-0.2, 0) is 9.53 Å². The van der Waals surface area contributed by atoms with Crippen LogP contribution in [0.4, 0.5) is 5.69 Å². The minimum atomic E-state index is -0.884. The van der Waals surface area contributed by atoms with Gasteiger partial charge in [0.25, 0.3) is 0 Å². The predicted octanol–water partition coefficient (Wildman–Crippen LogP) is 1.69. The van der Waals surface area contributed by atoms with Crippen LogP contribution in [0, 0.1) is 6.92 Å². The van der Waals surface area contributed by atoms with E-state index in [0.717, 1.165) is 5.69 Å². The third kappa shape index (κ3) is 3.75. The van der Waals surface area contributed by atoms with Crippen molar-refractivity contribution in [1.29, 1.82) is 0 Å². The van der Waals surface area contributed by atoms with Crippen LogP contribution in [0.5, 0.6) is 0 Å². The number of amides is 1. The monoisotopic (exact) mass is 236 g/mol. The van der Waals surface area contributed by atoms with E-state index in [4.69, 9.17) is 10.5 Å². The molecule has 0 spiro atoms. The summed E-state index contributed by atoms with van der Waals surface area (Å²) in [5, 5.41) is 3.12. The number of benzene rings is 1. The van der Waals surface area contributed by atoms with Crippen LogP contribution in [0.25, 0.3) is 0 Å². The summed E-state index contributed by atoms with van der Waals surface area (Å²) in [4.78, 5) is 11.5. The largest absolute Gasteiger partial charge is 0.379 e. The van der Waals surface area contributed by atoms with Gasteiger partial charge >= 0.3 is 0 Å². The lowest BCUT2D eigenvalue weighted by atomic mass is 10.0. The maximum atomic E-state index is 11.5. The van der Waals surface area contributed by atoms with Gasteiger partial charge in [-0.1, -0.05) is 17.7 Å². The van der Waals surface area contributed by atoms with E-state index in [2.05, 4.69) is 5.32 Å². The van der Waals surface area contributed by atoms with Crippen LogP contribution in [0.3, 0.4) is 0 Å². The molecule has 1 aromatic carbocycles. The van der Waals surface area contributed by atoms with Crippen LogP contribution < -0.4 is 11.1 Å². The van der Waals surface area contributed by atoms with Crippen LogP contribution in [0.15, 0.2) is 24.3 Å². The smallest absolute Gasteiger partial charge is 0.245 e. The first kappa shape index (κ1) is 13.5. The molecule has 0 aromatic heterocycles. The van der Waals surface area contributed by atoms with Gasteiger partial charge in [0.05, 0.1) is 6.61 Å². The number of carbonyl (C=O) groups excluding carboxylic acids is 1. The van der Waals surface area contributed by atoms with Crippen molar-refractivity contribution in [1.82, 2.24) is 0 Å². The van der Waals surface area contributed by atoms with Gasteiger partial charge in [-0.2, -0.15) is 0 Å². The molecule has 0 fully saturated rings. The molecular weight excluding hydrogens is 216 g/mol. The lowest BCUT2D eigenvalue weighted by Crippen LogP contribution is -2.51. The second-order valence-corrected chi connectivity index (χ2v) is 4.32. The topological polar surface area (TPSA) is 64.3 Å². The Morgan fingerprint density at radius 1 is 1.41 bits per heavy atom. The van der Waals surface area contributed by atoms with Crippen LogP contribution in [-0.4, -0.2) is 24.7 Å². The Morgan fingerprint density at radius 2 is 2.00 bits per heavy atom. The number of nitrogens with two attached hydrogens (primary N) is 1. The van der Waals surface area contributed by atoms with E-state index in [9.17, 15) is 4.79 Å². The van der Waals surface area contributed by atoms with E-state index in [0.29, 0.717) is 6.61 Å². The molecule has 0 aliphatic rings. The number of hydrogen-bond donors (Lipinski definition) is 2. The lowest BCUT2D eigenvalue weighted by molar-refractivity contribution is -0.123. The van der Waals surface area contributed by atoms with Gasteiger partial charge < -0.3 is 15.8 Å². The van der Waals surface area contributed by atoms with Crippen molar-refractivity contribution in [2.45, 2.75) is 26.3 Å². The van der Waals surface area contributed by atoms with Crippen molar-refractivity contribution in [3.05, 3.63) is 29.8 Å². The van der Waals surface area contributed by atoms with Gasteiger partial charge in [0.15, 0.2) is 0 Å². The molecule has 4 heteroatoms. The standard InChI is InChI=1S/C13H20N2O2/c1-4-17-9-13(3,12(14)16)15-11-7-5-10(2)6-8-11/h5-8,15H,4,9H2,1-3H3,(H2,14,16). The number of nitrogens with one attached hydrogen (secondary N) is 1. The fourth-order valence-electron chi connectivity index (χ4n) is 1.43. The molecule has 0 aliphatic heterocycles. The first-order chi connectivity index (χ1) is 7.98. The van der Waals surface area contributed by atoms with E-state index in [-0.39, 0.29) is 6.61 Å². The minimum absolute atomic E-state index is 0.257. The number of anilines is 1. The van der Waals surface area contributed by atoms with Gasteiger partial charge in [-0.3, -0.25) is 4.79 Å². The van der Waals surface area contributed by atoms with Crippen LogP contribution in [0.1, 0.15) is 19.4 Å². The van der Waals surface area contributed by atoms with Gasteiger partial charge in [-0.05, 0) is 32.9 Å². The summed E-state index contributed by atoms with van der Waals surface area (Å²) in [6, 6.07) is 7.79. The maximum absolute atomic E-state index is 11.5. The Labute approximate surface area is 102 Å². The van der Waals surface area contributed by atoms with Crippen molar-refractivity contribution in [3.8, 4) is 0 Å². The van der Waals surface area contributed by atoms with E-state index in [1.807, 2.05) is 38.1 Å². The van der Waals surface area contributed by atoms with Crippen molar-refractivity contribution in [2.24, 2.45) is 5.73 Å². The van der Waals surface area contributed by atoms with E-state index < -0.39 is 11.4 Å². The fraction of sp³-hybridized carbons (Fsp3) is 0.462. The molecule has 94 valence electrons. The molecule has 3 N–H and O–H groups in total. The molecule has 1 unspecified atom stereocenters. The van der Waals surface area contributed by atoms with Crippen molar-refractivity contribution in [2.75, 3.05) is 18.5 Å². The maximum Gasteiger partial charge on any atom is 0.245 e. The van der Waals surface area contributed by atoms with Gasteiger partial charge in [0, 0.05) is 12.3 Å². The Kier molecular flexibility index (Phi) is 4.52. The SMILES string of the molecule is CCOCC(C)(Nc1ccc(C)cc1)C(N)=O. The highest BCUT2D eigenvalue weighted by Gasteiger charge is 2.31. The molecule has 1 aromatic rings. The number of hydrogen-bond acceptors (Lipinski definition) is 3. The molecule has 0 radical (unpaired) electrons. The molecule has 0 saturated heterocycles. The van der Waals surface area contributed by atoms with Gasteiger partial charge in [-0.15, -0.1) is 0 Å². The second-order valence-electron chi connectivity index (χ2n) is 4.32. The highest BCUT2D eigenvalue weighted by molar-refractivity contribution is 5.87. The van der Waals surface area contributed by atoms with E-state index in [1.165, 1.54) is 5.56 Å². The summed E-state index contributed by atoms with van der Waals surface area (Å²) >= 11 is 0. The van der Waals surface area contributed by atoms with Crippen molar-refractivity contribution >= 4 is 11.6 Å². The average molecular weight is 236 g/mol. The summed E-state index contributed by atoms with van der Waals surface area (Å²) in [6.45, 7) is 6.44. The first-order valence-electron chi connectivity index (χ1n) is 5.70. The number of carbonyl (C=O) groups is 1. The van der Waals surface area contributed by atoms with Crippen molar-refractivity contribution < 1.29 is 9.53 Å². The molecule has 1 amide bonds. The summed E-state index contributed by atoms with van der Waals surface area (Å²) < 4.78 is 5.29. The zero-order valence-corrected chi connectivity index (χ0v) is 10.6. The molecular formula is C13H20N2O2. The van der Waals surface area contributed by atoms with Gasteiger partial charge in [0.2, 0.25) is 5.91 Å². The molecule has 0 aliphatic carbocycles. The highest BCUT2D eigenvalue weighted by atomic mass is 16.5. The predicted molar refractivity (Wildman–Crippen MR) is 68.9 cm³/mol. The number of ether oxygens (including phenoxy) is 1. The van der Waals surface area contributed by atoms with Crippen molar-refractivity contribution in [3.63, 3.8) is 0 Å². The van der Waals surface area contributed by atoms with Crippen LogP contribution in [0.2, 0.25) is 0 Å². The molecule has 4 nitrogen and oxygen atoms in total. The third-order valence-electron chi connectivity index (χ3n) is 2.61. The van der Waals surface area contributed by atoms with Crippen LogP contribution >= 0.6 is 0 Å². The summed E-state index contributed by atoms with van der Waals surface area (Å²) in [6.07, 6.45) is 0. The normalized spacial score (nSPS) is 14.1. The minimum Gasteiger partial charge on any atom is -0.379 e. The number of rotatable bonds is 6. The second kappa shape index (κ2) is 5.68. The van der Waals surface area contributed by atoms with E-state index >= 15 is 0 Å². The molecule has 0 bridgehead atoms. The third-order valence-corrected chi connectivity index (χ3v) is 2.61. The summed E-state index contributed by atoms with van der Waals surface area (Å²) in [5.74, 6) is -0.425. The highest BCUT2D eigenvalue weighted by Crippen LogP contribution is 2.16. The lowest BCUT2D eigenvalue weighted by Gasteiger charge is -2.28. The molecule has 0 heterocycles. The molecule has 1 rings (SSSR count). The summed E-state index contributed by atoms with van der Waals surface area (Å²) in [5.41, 5.74) is 6.55. The Hall–Kier alpha value is -1.55. The Bertz CT molecular complexity index is 376. The summed E-state index contributed by atoms with van der Waals surface area (Å²) in [7, 11) is 0.